The molecule has 0 radical (unpaired) electrons. The molecule has 0 fully saturated rings. The van der Waals surface area contributed by atoms with E-state index in [1.807, 2.05) is 13.1 Å². The van der Waals surface area contributed by atoms with Crippen LogP contribution in [-0.2, 0) is 4.74 Å². The Hall–Kier alpha value is -1.30. The molecular formula is C16H26N2O3. The number of benzene rings is 1. The second kappa shape index (κ2) is 8.22. The fourth-order valence-corrected chi connectivity index (χ4v) is 2.41. The quantitative estimate of drug-likeness (QED) is 0.829. The summed E-state index contributed by atoms with van der Waals surface area (Å²) in [7, 11) is 5.82. The van der Waals surface area contributed by atoms with E-state index in [2.05, 4.69) is 29.4 Å². The first kappa shape index (κ1) is 16.1. The zero-order valence-electron chi connectivity index (χ0n) is 13.2. The fraction of sp³-hybridized carbons (Fsp3) is 0.625. The smallest absolute Gasteiger partial charge is 0.161 e. The van der Waals surface area contributed by atoms with Crippen LogP contribution in [0.4, 0.5) is 0 Å². The molecule has 1 aromatic carbocycles. The Balaban J connectivity index is 2.05. The van der Waals surface area contributed by atoms with Crippen LogP contribution >= 0.6 is 0 Å². The van der Waals surface area contributed by atoms with Gasteiger partial charge >= 0.3 is 0 Å². The number of hydrogen-bond acceptors (Lipinski definition) is 5. The van der Waals surface area contributed by atoms with Crippen molar-refractivity contribution in [3.8, 4) is 11.5 Å². The lowest BCUT2D eigenvalue weighted by Gasteiger charge is -2.24. The SMILES string of the molecule is CNC(CN(C)CCOC)c1ccc2c(c1)OCCCO2. The molecular weight excluding hydrogens is 268 g/mol. The molecule has 1 aliphatic heterocycles. The van der Waals surface area contributed by atoms with E-state index in [0.29, 0.717) is 6.61 Å². The summed E-state index contributed by atoms with van der Waals surface area (Å²) in [5.41, 5.74) is 1.21. The molecule has 5 nitrogen and oxygen atoms in total. The molecule has 1 atom stereocenters. The van der Waals surface area contributed by atoms with E-state index in [-0.39, 0.29) is 6.04 Å². The lowest BCUT2D eigenvalue weighted by molar-refractivity contribution is 0.156. The van der Waals surface area contributed by atoms with E-state index >= 15 is 0 Å². The molecule has 0 aliphatic carbocycles. The van der Waals surface area contributed by atoms with Crippen LogP contribution in [0.1, 0.15) is 18.0 Å². The van der Waals surface area contributed by atoms with Crippen LogP contribution in [0.25, 0.3) is 0 Å². The summed E-state index contributed by atoms with van der Waals surface area (Å²) < 4.78 is 16.6. The van der Waals surface area contributed by atoms with E-state index < -0.39 is 0 Å². The van der Waals surface area contributed by atoms with Gasteiger partial charge in [0.05, 0.1) is 19.8 Å². The molecule has 0 bridgehead atoms. The Morgan fingerprint density at radius 1 is 1.29 bits per heavy atom. The summed E-state index contributed by atoms with van der Waals surface area (Å²) in [4.78, 5) is 2.26. The number of fused-ring (bicyclic) bond motifs is 1. The second-order valence-corrected chi connectivity index (χ2v) is 5.35. The zero-order valence-corrected chi connectivity index (χ0v) is 13.2. The van der Waals surface area contributed by atoms with E-state index in [4.69, 9.17) is 14.2 Å². The van der Waals surface area contributed by atoms with Crippen LogP contribution in [0.15, 0.2) is 18.2 Å². The molecule has 1 heterocycles. The molecule has 21 heavy (non-hydrogen) atoms. The van der Waals surface area contributed by atoms with Gasteiger partial charge in [-0.15, -0.1) is 0 Å². The molecule has 0 aromatic heterocycles. The summed E-state index contributed by atoms with van der Waals surface area (Å²) >= 11 is 0. The van der Waals surface area contributed by atoms with Crippen LogP contribution in [0, 0.1) is 0 Å². The highest BCUT2D eigenvalue weighted by atomic mass is 16.5. The highest BCUT2D eigenvalue weighted by Gasteiger charge is 2.16. The molecule has 1 aromatic rings. The van der Waals surface area contributed by atoms with Crippen molar-refractivity contribution in [3.05, 3.63) is 23.8 Å². The molecule has 5 heteroatoms. The third-order valence-electron chi connectivity index (χ3n) is 3.69. The van der Waals surface area contributed by atoms with Crippen LogP contribution in [0.5, 0.6) is 11.5 Å². The van der Waals surface area contributed by atoms with Crippen LogP contribution in [-0.4, -0.2) is 59.0 Å². The lowest BCUT2D eigenvalue weighted by Crippen LogP contribution is -2.33. The molecule has 1 unspecified atom stereocenters. The predicted molar refractivity (Wildman–Crippen MR) is 83.2 cm³/mol. The number of nitrogens with zero attached hydrogens (tertiary/aromatic N) is 1. The minimum absolute atomic E-state index is 0.254. The van der Waals surface area contributed by atoms with Crippen molar-refractivity contribution in [2.45, 2.75) is 12.5 Å². The molecule has 0 saturated heterocycles. The van der Waals surface area contributed by atoms with Crippen LogP contribution in [0.3, 0.4) is 0 Å². The molecule has 0 amide bonds. The molecule has 0 saturated carbocycles. The first-order chi connectivity index (χ1) is 10.2. The van der Waals surface area contributed by atoms with Gasteiger partial charge in [0.1, 0.15) is 0 Å². The van der Waals surface area contributed by atoms with E-state index in [0.717, 1.165) is 44.2 Å². The predicted octanol–water partition coefficient (Wildman–Crippen LogP) is 1.69. The highest BCUT2D eigenvalue weighted by molar-refractivity contribution is 5.44. The van der Waals surface area contributed by atoms with Gasteiger partial charge in [0.25, 0.3) is 0 Å². The Labute approximate surface area is 127 Å². The summed E-state index contributed by atoms with van der Waals surface area (Å²) in [6.45, 7) is 4.02. The third kappa shape index (κ3) is 4.59. The first-order valence-corrected chi connectivity index (χ1v) is 7.49. The average Bonchev–Trinajstić information content (AvgIpc) is 2.75. The summed E-state index contributed by atoms with van der Waals surface area (Å²) in [6, 6.07) is 6.46. The van der Waals surface area contributed by atoms with Crippen molar-refractivity contribution < 1.29 is 14.2 Å². The van der Waals surface area contributed by atoms with Gasteiger partial charge in [-0.2, -0.15) is 0 Å². The van der Waals surface area contributed by atoms with Crippen molar-refractivity contribution in [3.63, 3.8) is 0 Å². The number of nitrogens with one attached hydrogen (secondary N) is 1. The van der Waals surface area contributed by atoms with Gasteiger partial charge in [-0.3, -0.25) is 0 Å². The Kier molecular flexibility index (Phi) is 6.29. The lowest BCUT2D eigenvalue weighted by atomic mass is 10.1. The number of hydrogen-bond donors (Lipinski definition) is 1. The Morgan fingerprint density at radius 2 is 2.05 bits per heavy atom. The summed E-state index contributed by atoms with van der Waals surface area (Å²) in [5.74, 6) is 1.70. The summed E-state index contributed by atoms with van der Waals surface area (Å²) in [5, 5.41) is 3.37. The maximum atomic E-state index is 5.77. The molecule has 2 rings (SSSR count). The minimum atomic E-state index is 0.254. The van der Waals surface area contributed by atoms with E-state index in [9.17, 15) is 0 Å². The van der Waals surface area contributed by atoms with E-state index in [1.54, 1.807) is 7.11 Å². The van der Waals surface area contributed by atoms with Crippen molar-refractivity contribution in [2.75, 3.05) is 54.1 Å². The maximum absolute atomic E-state index is 5.77. The molecule has 0 spiro atoms. The second-order valence-electron chi connectivity index (χ2n) is 5.35. The Morgan fingerprint density at radius 3 is 2.76 bits per heavy atom. The minimum Gasteiger partial charge on any atom is -0.490 e. The van der Waals surface area contributed by atoms with Crippen LogP contribution < -0.4 is 14.8 Å². The normalized spacial score (nSPS) is 15.8. The van der Waals surface area contributed by atoms with Crippen molar-refractivity contribution in [1.82, 2.24) is 10.2 Å². The number of ether oxygens (including phenoxy) is 3. The monoisotopic (exact) mass is 294 g/mol. The zero-order chi connectivity index (χ0) is 15.1. The van der Waals surface area contributed by atoms with Gasteiger partial charge in [0.2, 0.25) is 0 Å². The van der Waals surface area contributed by atoms with Gasteiger partial charge < -0.3 is 24.4 Å². The number of methoxy groups -OCH3 is 1. The van der Waals surface area contributed by atoms with Gasteiger partial charge in [-0.1, -0.05) is 6.07 Å². The van der Waals surface area contributed by atoms with Crippen molar-refractivity contribution in [1.29, 1.82) is 0 Å². The number of likely N-dealkylation sites (N-methyl/N-ethyl adjacent to an activating group) is 2. The van der Waals surface area contributed by atoms with E-state index in [1.165, 1.54) is 5.56 Å². The Bertz CT molecular complexity index is 440. The molecule has 1 aliphatic rings. The van der Waals surface area contributed by atoms with Crippen molar-refractivity contribution in [2.24, 2.45) is 0 Å². The number of rotatable bonds is 7. The van der Waals surface area contributed by atoms with Gasteiger partial charge in [0.15, 0.2) is 11.5 Å². The highest BCUT2D eigenvalue weighted by Crippen LogP contribution is 2.32. The fourth-order valence-electron chi connectivity index (χ4n) is 2.41. The maximum Gasteiger partial charge on any atom is 0.161 e. The van der Waals surface area contributed by atoms with Crippen LogP contribution in [0.2, 0.25) is 0 Å². The van der Waals surface area contributed by atoms with Gasteiger partial charge in [-0.05, 0) is 31.8 Å². The summed E-state index contributed by atoms with van der Waals surface area (Å²) in [6.07, 6.45) is 0.930. The van der Waals surface area contributed by atoms with Gasteiger partial charge in [0, 0.05) is 32.7 Å². The topological polar surface area (TPSA) is 43.0 Å². The third-order valence-corrected chi connectivity index (χ3v) is 3.69. The molecule has 1 N–H and O–H groups in total. The molecule has 118 valence electrons. The van der Waals surface area contributed by atoms with Gasteiger partial charge in [-0.25, -0.2) is 0 Å². The largest absolute Gasteiger partial charge is 0.490 e. The van der Waals surface area contributed by atoms with Crippen molar-refractivity contribution >= 4 is 0 Å². The standard InChI is InChI=1S/C16H26N2O3/c1-17-14(12-18(2)7-10-19-3)13-5-6-15-16(11-13)21-9-4-8-20-15/h5-6,11,14,17H,4,7-10,12H2,1-3H3. The first-order valence-electron chi connectivity index (χ1n) is 7.49. The average molecular weight is 294 g/mol.